The summed E-state index contributed by atoms with van der Waals surface area (Å²) in [6.07, 6.45) is 0.147. The first kappa shape index (κ1) is 20.4. The largest absolute Gasteiger partial charge is 0.480 e. The number of fused-ring (bicyclic) bond motifs is 1. The molecule has 0 saturated heterocycles. The summed E-state index contributed by atoms with van der Waals surface area (Å²) in [4.78, 5) is 28.1. The van der Waals surface area contributed by atoms with Crippen LogP contribution in [0.25, 0.3) is 10.2 Å². The maximum absolute atomic E-state index is 14.2. The molecule has 5 nitrogen and oxygen atoms in total. The third-order valence-electron chi connectivity index (χ3n) is 4.04. The molecule has 1 amide bonds. The van der Waals surface area contributed by atoms with Gasteiger partial charge in [0.1, 0.15) is 6.04 Å². The summed E-state index contributed by atoms with van der Waals surface area (Å²) in [7, 11) is 0. The summed E-state index contributed by atoms with van der Waals surface area (Å²) in [6, 6.07) is 5.21. The minimum absolute atomic E-state index is 0.0650. The molecular formula is C18H12Cl2F2N2O3S. The van der Waals surface area contributed by atoms with Crippen molar-refractivity contribution in [2.75, 3.05) is 0 Å². The molecule has 3 aromatic rings. The zero-order chi connectivity index (χ0) is 20.6. The number of hydrogen-bond donors (Lipinski definition) is 1. The number of benzene rings is 2. The van der Waals surface area contributed by atoms with Gasteiger partial charge in [-0.2, -0.15) is 4.99 Å². The second kappa shape index (κ2) is 7.98. The number of carbonyl (C=O) groups is 2. The van der Waals surface area contributed by atoms with Crippen molar-refractivity contribution in [3.8, 4) is 0 Å². The van der Waals surface area contributed by atoms with Gasteiger partial charge in [0.15, 0.2) is 16.4 Å². The fourth-order valence-corrected chi connectivity index (χ4v) is 4.07. The molecule has 0 aliphatic carbocycles. The van der Waals surface area contributed by atoms with Crippen LogP contribution in [0.2, 0.25) is 10.0 Å². The van der Waals surface area contributed by atoms with E-state index in [0.29, 0.717) is 11.3 Å². The average molecular weight is 445 g/mol. The maximum atomic E-state index is 14.2. The highest BCUT2D eigenvalue weighted by Crippen LogP contribution is 2.27. The number of aromatic nitrogens is 1. The molecule has 1 unspecified atom stereocenters. The number of halogens is 4. The SMILES string of the molecule is CCC(C(=O)O)n1/c(=N/C(=O)c2ccc(Cl)c(Cl)c2)sc2c(F)c(F)ccc21. The van der Waals surface area contributed by atoms with Crippen LogP contribution in [0.3, 0.4) is 0 Å². The molecule has 0 aliphatic rings. The third kappa shape index (κ3) is 3.67. The second-order valence-electron chi connectivity index (χ2n) is 5.77. The van der Waals surface area contributed by atoms with Crippen LogP contribution in [0.1, 0.15) is 29.7 Å². The predicted octanol–water partition coefficient (Wildman–Crippen LogP) is 5.06. The average Bonchev–Trinajstić information content (AvgIpc) is 2.99. The van der Waals surface area contributed by atoms with Crippen molar-refractivity contribution < 1.29 is 23.5 Å². The maximum Gasteiger partial charge on any atom is 0.326 e. The first-order valence-electron chi connectivity index (χ1n) is 8.00. The Labute approximate surface area is 171 Å². The number of carboxylic acid groups (broad SMARTS) is 1. The summed E-state index contributed by atoms with van der Waals surface area (Å²) in [5.41, 5.74) is 0.257. The molecule has 1 N–H and O–H groups in total. The number of amides is 1. The molecule has 146 valence electrons. The Bertz CT molecular complexity index is 1170. The molecule has 0 saturated carbocycles. The van der Waals surface area contributed by atoms with Crippen molar-refractivity contribution in [3.05, 3.63) is 62.4 Å². The number of aliphatic carboxylic acids is 1. The first-order valence-corrected chi connectivity index (χ1v) is 9.57. The standard InChI is InChI=1S/C18H12Cl2F2N2O3S/c1-2-12(17(26)27)24-13-6-5-11(21)14(22)15(13)28-18(24)23-16(25)8-3-4-9(19)10(20)7-8/h3-7,12H,2H2,1H3,(H,26,27)/b23-18-. The van der Waals surface area contributed by atoms with E-state index in [-0.39, 0.29) is 37.0 Å². The molecule has 28 heavy (non-hydrogen) atoms. The number of hydrogen-bond acceptors (Lipinski definition) is 3. The molecule has 2 aromatic carbocycles. The topological polar surface area (TPSA) is 71.7 Å². The van der Waals surface area contributed by atoms with Crippen LogP contribution in [0.5, 0.6) is 0 Å². The minimum atomic E-state index is -1.18. The van der Waals surface area contributed by atoms with Gasteiger partial charge in [0, 0.05) is 5.56 Å². The monoisotopic (exact) mass is 444 g/mol. The molecule has 1 aromatic heterocycles. The second-order valence-corrected chi connectivity index (χ2v) is 7.56. The van der Waals surface area contributed by atoms with E-state index in [2.05, 4.69) is 4.99 Å². The number of nitrogens with zero attached hydrogens (tertiary/aromatic N) is 2. The van der Waals surface area contributed by atoms with E-state index < -0.39 is 29.6 Å². The minimum Gasteiger partial charge on any atom is -0.480 e. The van der Waals surface area contributed by atoms with Gasteiger partial charge >= 0.3 is 5.97 Å². The summed E-state index contributed by atoms with van der Waals surface area (Å²) < 4.78 is 29.0. The fraction of sp³-hybridized carbons (Fsp3) is 0.167. The van der Waals surface area contributed by atoms with E-state index in [1.807, 2.05) is 0 Å². The predicted molar refractivity (Wildman–Crippen MR) is 103 cm³/mol. The highest BCUT2D eigenvalue weighted by Gasteiger charge is 2.24. The van der Waals surface area contributed by atoms with Crippen molar-refractivity contribution in [1.29, 1.82) is 0 Å². The van der Waals surface area contributed by atoms with Gasteiger partial charge in [-0.3, -0.25) is 4.79 Å². The van der Waals surface area contributed by atoms with Crippen molar-refractivity contribution in [2.24, 2.45) is 4.99 Å². The Morgan fingerprint density at radius 2 is 1.93 bits per heavy atom. The number of carboxylic acids is 1. The molecule has 1 atom stereocenters. The fourth-order valence-electron chi connectivity index (χ4n) is 2.68. The Kier molecular flexibility index (Phi) is 5.83. The molecule has 0 radical (unpaired) electrons. The highest BCUT2D eigenvalue weighted by atomic mass is 35.5. The number of thiazole rings is 1. The summed E-state index contributed by atoms with van der Waals surface area (Å²) in [5, 5.41) is 9.93. The third-order valence-corrected chi connectivity index (χ3v) is 5.84. The van der Waals surface area contributed by atoms with Gasteiger partial charge in [0.05, 0.1) is 20.3 Å². The summed E-state index contributed by atoms with van der Waals surface area (Å²) >= 11 is 12.4. The van der Waals surface area contributed by atoms with E-state index in [1.165, 1.54) is 28.8 Å². The van der Waals surface area contributed by atoms with Crippen molar-refractivity contribution in [1.82, 2.24) is 4.57 Å². The lowest BCUT2D eigenvalue weighted by molar-refractivity contribution is -0.140. The van der Waals surface area contributed by atoms with Gasteiger partial charge in [-0.1, -0.05) is 41.5 Å². The van der Waals surface area contributed by atoms with Gasteiger partial charge < -0.3 is 9.67 Å². The Balaban J connectivity index is 2.27. The molecule has 10 heteroatoms. The normalized spacial score (nSPS) is 13.1. The first-order chi connectivity index (χ1) is 13.2. The van der Waals surface area contributed by atoms with E-state index >= 15 is 0 Å². The zero-order valence-corrected chi connectivity index (χ0v) is 16.6. The van der Waals surface area contributed by atoms with Crippen LogP contribution in [0.4, 0.5) is 8.78 Å². The smallest absolute Gasteiger partial charge is 0.326 e. The summed E-state index contributed by atoms with van der Waals surface area (Å²) in [5.74, 6) is -4.11. The zero-order valence-electron chi connectivity index (χ0n) is 14.2. The van der Waals surface area contributed by atoms with Gasteiger partial charge in [0.2, 0.25) is 0 Å². The number of carbonyl (C=O) groups excluding carboxylic acids is 1. The van der Waals surface area contributed by atoms with Crippen LogP contribution in [-0.4, -0.2) is 21.6 Å². The quantitative estimate of drug-likeness (QED) is 0.610. The van der Waals surface area contributed by atoms with Gasteiger partial charge in [-0.15, -0.1) is 0 Å². The molecule has 1 heterocycles. The number of rotatable bonds is 4. The van der Waals surface area contributed by atoms with Crippen molar-refractivity contribution in [3.63, 3.8) is 0 Å². The van der Waals surface area contributed by atoms with Crippen LogP contribution in [0, 0.1) is 11.6 Å². The van der Waals surface area contributed by atoms with E-state index in [1.54, 1.807) is 6.92 Å². The van der Waals surface area contributed by atoms with Crippen LogP contribution in [0.15, 0.2) is 35.3 Å². The lowest BCUT2D eigenvalue weighted by Crippen LogP contribution is -2.27. The summed E-state index contributed by atoms with van der Waals surface area (Å²) in [6.45, 7) is 1.62. The van der Waals surface area contributed by atoms with Gasteiger partial charge in [-0.05, 0) is 36.8 Å². The van der Waals surface area contributed by atoms with Crippen molar-refractivity contribution >= 4 is 56.6 Å². The molecule has 0 bridgehead atoms. The van der Waals surface area contributed by atoms with E-state index in [4.69, 9.17) is 23.2 Å². The van der Waals surface area contributed by atoms with Crippen LogP contribution < -0.4 is 4.80 Å². The highest BCUT2D eigenvalue weighted by molar-refractivity contribution is 7.16. The Morgan fingerprint density at radius 3 is 2.54 bits per heavy atom. The molecule has 0 spiro atoms. The molecular weight excluding hydrogens is 433 g/mol. The van der Waals surface area contributed by atoms with Gasteiger partial charge in [0.25, 0.3) is 5.91 Å². The van der Waals surface area contributed by atoms with Gasteiger partial charge in [-0.25, -0.2) is 13.6 Å². The molecule has 0 aliphatic heterocycles. The molecule has 0 fully saturated rings. The van der Waals surface area contributed by atoms with Crippen molar-refractivity contribution in [2.45, 2.75) is 19.4 Å². The van der Waals surface area contributed by atoms with Crippen LogP contribution >= 0.6 is 34.5 Å². The van der Waals surface area contributed by atoms with E-state index in [0.717, 1.165) is 6.07 Å². The lowest BCUT2D eigenvalue weighted by Gasteiger charge is -2.13. The van der Waals surface area contributed by atoms with E-state index in [9.17, 15) is 23.5 Å². The lowest BCUT2D eigenvalue weighted by atomic mass is 10.2. The Morgan fingerprint density at radius 1 is 1.21 bits per heavy atom. The molecule has 3 rings (SSSR count). The Hall–Kier alpha value is -2.29. The van der Waals surface area contributed by atoms with Crippen LogP contribution in [-0.2, 0) is 4.79 Å².